The normalized spacial score (nSPS) is 16.4. The van der Waals surface area contributed by atoms with Crippen molar-refractivity contribution in [3.8, 4) is 5.75 Å². The van der Waals surface area contributed by atoms with Gasteiger partial charge in [-0.2, -0.15) is 0 Å². The third kappa shape index (κ3) is 4.22. The largest absolute Gasteiger partial charge is 0.493 e. The summed E-state index contributed by atoms with van der Waals surface area (Å²) in [6.45, 7) is 7.85. The van der Waals surface area contributed by atoms with Gasteiger partial charge >= 0.3 is 6.09 Å². The maximum atomic E-state index is 12.1. The summed E-state index contributed by atoms with van der Waals surface area (Å²) >= 11 is 0. The highest BCUT2D eigenvalue weighted by atomic mass is 16.6. The molecule has 0 atom stereocenters. The van der Waals surface area contributed by atoms with Gasteiger partial charge in [0.15, 0.2) is 0 Å². The number of aromatic amines is 1. The van der Waals surface area contributed by atoms with Gasteiger partial charge in [0.2, 0.25) is 0 Å². The Morgan fingerprint density at radius 3 is 2.71 bits per heavy atom. The Balaban J connectivity index is 1.46. The summed E-state index contributed by atoms with van der Waals surface area (Å²) in [6.07, 6.45) is 3.62. The van der Waals surface area contributed by atoms with Crippen LogP contribution >= 0.6 is 0 Å². The highest BCUT2D eigenvalue weighted by molar-refractivity contribution is 5.80. The molecule has 1 aliphatic rings. The molecule has 1 amide bonds. The van der Waals surface area contributed by atoms with E-state index in [2.05, 4.69) is 11.1 Å². The minimum absolute atomic E-state index is 0.209. The first-order valence-corrected chi connectivity index (χ1v) is 8.58. The monoisotopic (exact) mass is 330 g/mol. The van der Waals surface area contributed by atoms with Crippen LogP contribution in [0.3, 0.4) is 0 Å². The maximum absolute atomic E-state index is 12.1. The molecule has 5 nitrogen and oxygen atoms in total. The molecule has 0 aliphatic carbocycles. The summed E-state index contributed by atoms with van der Waals surface area (Å²) in [7, 11) is 0. The van der Waals surface area contributed by atoms with Crippen molar-refractivity contribution in [2.45, 2.75) is 39.2 Å². The zero-order chi connectivity index (χ0) is 17.2. The van der Waals surface area contributed by atoms with Crippen molar-refractivity contribution in [3.05, 3.63) is 30.5 Å². The summed E-state index contributed by atoms with van der Waals surface area (Å²) in [6, 6.07) is 8.13. The molecule has 5 heteroatoms. The number of fused-ring (bicyclic) bond motifs is 1. The predicted octanol–water partition coefficient (Wildman–Crippen LogP) is 4.19. The molecule has 0 radical (unpaired) electrons. The lowest BCUT2D eigenvalue weighted by Gasteiger charge is -2.33. The second kappa shape index (κ2) is 6.75. The van der Waals surface area contributed by atoms with Gasteiger partial charge in [0.1, 0.15) is 11.4 Å². The van der Waals surface area contributed by atoms with E-state index >= 15 is 0 Å². The van der Waals surface area contributed by atoms with Gasteiger partial charge in [-0.25, -0.2) is 4.79 Å². The van der Waals surface area contributed by atoms with Gasteiger partial charge in [0, 0.05) is 30.2 Å². The molecule has 3 rings (SSSR count). The third-order valence-electron chi connectivity index (χ3n) is 4.28. The zero-order valence-corrected chi connectivity index (χ0v) is 14.7. The van der Waals surface area contributed by atoms with E-state index in [1.54, 1.807) is 4.90 Å². The number of piperidine rings is 1. The number of nitrogens with zero attached hydrogens (tertiary/aromatic N) is 1. The average Bonchev–Trinajstić information content (AvgIpc) is 2.99. The number of benzene rings is 1. The van der Waals surface area contributed by atoms with Crippen molar-refractivity contribution in [1.82, 2.24) is 9.88 Å². The minimum atomic E-state index is -0.437. The van der Waals surface area contributed by atoms with E-state index in [0.717, 1.165) is 42.6 Å². The number of amides is 1. The molecule has 0 bridgehead atoms. The van der Waals surface area contributed by atoms with E-state index in [0.29, 0.717) is 12.5 Å². The Kier molecular flexibility index (Phi) is 4.69. The molecule has 1 N–H and O–H groups in total. The third-order valence-corrected chi connectivity index (χ3v) is 4.28. The van der Waals surface area contributed by atoms with Crippen LogP contribution in [-0.2, 0) is 4.74 Å². The number of rotatable bonds is 3. The lowest BCUT2D eigenvalue weighted by molar-refractivity contribution is 0.0165. The molecule has 2 heterocycles. The first-order valence-electron chi connectivity index (χ1n) is 8.58. The number of nitrogens with one attached hydrogen (secondary N) is 1. The molecule has 0 unspecified atom stereocenters. The molecule has 130 valence electrons. The van der Waals surface area contributed by atoms with E-state index in [4.69, 9.17) is 9.47 Å². The Morgan fingerprint density at radius 2 is 2.00 bits per heavy atom. The molecule has 1 aliphatic heterocycles. The van der Waals surface area contributed by atoms with Gasteiger partial charge in [0.25, 0.3) is 0 Å². The van der Waals surface area contributed by atoms with Crippen LogP contribution in [0, 0.1) is 5.92 Å². The highest BCUT2D eigenvalue weighted by Crippen LogP contribution is 2.23. The van der Waals surface area contributed by atoms with Gasteiger partial charge in [-0.15, -0.1) is 0 Å². The number of H-pyrrole nitrogens is 1. The van der Waals surface area contributed by atoms with Crippen molar-refractivity contribution in [2.24, 2.45) is 5.92 Å². The molecular weight excluding hydrogens is 304 g/mol. The molecule has 1 fully saturated rings. The second-order valence-corrected chi connectivity index (χ2v) is 7.45. The van der Waals surface area contributed by atoms with Crippen molar-refractivity contribution >= 4 is 17.0 Å². The number of carbonyl (C=O) groups is 1. The molecule has 2 aromatic rings. The zero-order valence-electron chi connectivity index (χ0n) is 14.7. The number of aromatic nitrogens is 1. The highest BCUT2D eigenvalue weighted by Gasteiger charge is 2.27. The van der Waals surface area contributed by atoms with Crippen LogP contribution in [0.2, 0.25) is 0 Å². The van der Waals surface area contributed by atoms with Gasteiger partial charge in [-0.3, -0.25) is 0 Å². The Bertz CT molecular complexity index is 694. The number of likely N-dealkylation sites (tertiary alicyclic amines) is 1. The fourth-order valence-corrected chi connectivity index (χ4v) is 2.94. The summed E-state index contributed by atoms with van der Waals surface area (Å²) < 4.78 is 11.4. The van der Waals surface area contributed by atoms with Crippen LogP contribution in [0.5, 0.6) is 5.75 Å². The number of hydrogen-bond acceptors (Lipinski definition) is 3. The van der Waals surface area contributed by atoms with Crippen LogP contribution in [0.15, 0.2) is 30.5 Å². The first kappa shape index (κ1) is 16.7. The summed E-state index contributed by atoms with van der Waals surface area (Å²) in [5, 5.41) is 1.16. The van der Waals surface area contributed by atoms with E-state index < -0.39 is 5.60 Å². The van der Waals surface area contributed by atoms with Crippen molar-refractivity contribution in [1.29, 1.82) is 0 Å². The molecule has 0 saturated carbocycles. The SMILES string of the molecule is CC(C)(C)OC(=O)N1CCC(COc2ccc3[nH]ccc3c2)CC1. The second-order valence-electron chi connectivity index (χ2n) is 7.45. The molecule has 0 spiro atoms. The number of ether oxygens (including phenoxy) is 2. The maximum Gasteiger partial charge on any atom is 0.410 e. The molecule has 24 heavy (non-hydrogen) atoms. The van der Waals surface area contributed by atoms with Crippen molar-refractivity contribution in [2.75, 3.05) is 19.7 Å². The average molecular weight is 330 g/mol. The smallest absolute Gasteiger partial charge is 0.410 e. The Hall–Kier alpha value is -2.17. The van der Waals surface area contributed by atoms with Crippen LogP contribution < -0.4 is 4.74 Å². The summed E-state index contributed by atoms with van der Waals surface area (Å²) in [5.41, 5.74) is 0.682. The number of carbonyl (C=O) groups excluding carboxylic acids is 1. The van der Waals surface area contributed by atoms with Gasteiger partial charge < -0.3 is 19.4 Å². The standard InChI is InChI=1S/C19H26N2O3/c1-19(2,3)24-18(22)21-10-7-14(8-11-21)13-23-16-4-5-17-15(12-16)6-9-20-17/h4-6,9,12,14,20H,7-8,10-11,13H2,1-3H3. The van der Waals surface area contributed by atoms with Gasteiger partial charge in [-0.05, 0) is 63.8 Å². The molecular formula is C19H26N2O3. The number of hydrogen-bond donors (Lipinski definition) is 1. The Labute approximate surface area is 142 Å². The first-order chi connectivity index (χ1) is 11.4. The lowest BCUT2D eigenvalue weighted by atomic mass is 9.98. The van der Waals surface area contributed by atoms with E-state index in [9.17, 15) is 4.79 Å². The van der Waals surface area contributed by atoms with E-state index in [1.165, 1.54) is 0 Å². The van der Waals surface area contributed by atoms with Crippen molar-refractivity contribution in [3.63, 3.8) is 0 Å². The fraction of sp³-hybridized carbons (Fsp3) is 0.526. The summed E-state index contributed by atoms with van der Waals surface area (Å²) in [4.78, 5) is 17.0. The molecule has 1 saturated heterocycles. The molecule has 1 aromatic heterocycles. The fourth-order valence-electron chi connectivity index (χ4n) is 2.94. The predicted molar refractivity (Wildman–Crippen MR) is 94.3 cm³/mol. The van der Waals surface area contributed by atoms with Crippen molar-refractivity contribution < 1.29 is 14.3 Å². The lowest BCUT2D eigenvalue weighted by Crippen LogP contribution is -2.42. The summed E-state index contributed by atoms with van der Waals surface area (Å²) in [5.74, 6) is 1.38. The molecule has 1 aromatic carbocycles. The quantitative estimate of drug-likeness (QED) is 0.918. The topological polar surface area (TPSA) is 54.6 Å². The van der Waals surface area contributed by atoms with Crippen LogP contribution in [-0.4, -0.2) is 41.3 Å². The Morgan fingerprint density at radius 1 is 1.25 bits per heavy atom. The van der Waals surface area contributed by atoms with Crippen LogP contribution in [0.25, 0.3) is 10.9 Å². The van der Waals surface area contributed by atoms with Gasteiger partial charge in [0.05, 0.1) is 6.61 Å². The van der Waals surface area contributed by atoms with Crippen LogP contribution in [0.1, 0.15) is 33.6 Å². The minimum Gasteiger partial charge on any atom is -0.493 e. The van der Waals surface area contributed by atoms with Crippen LogP contribution in [0.4, 0.5) is 4.79 Å². The van der Waals surface area contributed by atoms with Gasteiger partial charge in [-0.1, -0.05) is 0 Å². The van der Waals surface area contributed by atoms with E-state index in [1.807, 2.05) is 45.2 Å². The van der Waals surface area contributed by atoms with E-state index in [-0.39, 0.29) is 6.09 Å².